The molecule has 10 nitrogen and oxygen atoms in total. The van der Waals surface area contributed by atoms with Gasteiger partial charge in [-0.25, -0.2) is 0 Å². The van der Waals surface area contributed by atoms with Crippen LogP contribution in [-0.4, -0.2) is 18.5 Å². The maximum absolute atomic E-state index is 8.33. The summed E-state index contributed by atoms with van der Waals surface area (Å²) in [7, 11) is 0. The van der Waals surface area contributed by atoms with Gasteiger partial charge in [-0.3, -0.25) is 0 Å². The van der Waals surface area contributed by atoms with Gasteiger partial charge in [0.2, 0.25) is 0 Å². The summed E-state index contributed by atoms with van der Waals surface area (Å²) in [5, 5.41) is 50.0. The second-order valence-electron chi connectivity index (χ2n) is 0.750. The predicted molar refractivity (Wildman–Crippen MR) is 22.2 cm³/mol. The van der Waals surface area contributed by atoms with Gasteiger partial charge in [-0.15, -0.1) is 0 Å². The Hall–Kier alpha value is -1.18. The van der Waals surface area contributed by atoms with Crippen molar-refractivity contribution in [1.82, 2.24) is 6.15 Å². The van der Waals surface area contributed by atoms with Gasteiger partial charge in [0.05, 0.1) is 0 Å². The van der Waals surface area contributed by atoms with Gasteiger partial charge in [-0.1, -0.05) is 0 Å². The molecule has 0 saturated carbocycles. The van der Waals surface area contributed by atoms with E-state index in [4.69, 9.17) is 45.0 Å². The Morgan fingerprint density at radius 2 is 0.600 bits per heavy atom. The van der Waals surface area contributed by atoms with E-state index < -0.39 is 18.5 Å². The van der Waals surface area contributed by atoms with Crippen LogP contribution in [0.3, 0.4) is 0 Å². The van der Waals surface area contributed by atoms with Crippen molar-refractivity contribution in [3.63, 3.8) is 0 Å². The zero-order valence-corrected chi connectivity index (χ0v) is 9.10. The maximum Gasteiger partial charge on any atom is 3.00 e. The van der Waals surface area contributed by atoms with Crippen molar-refractivity contribution in [2.75, 3.05) is 0 Å². The summed E-state index contributed by atoms with van der Waals surface area (Å²) >= 11 is 0. The minimum atomic E-state index is -2.33. The molecule has 0 aliphatic carbocycles. The normalized spacial score (nSPS) is 4.80. The van der Waals surface area contributed by atoms with Crippen LogP contribution < -0.4 is 36.8 Å². The molecule has 92 valence electrons. The monoisotopic (exact) mass is 313 g/mol. The Balaban J connectivity index is -0.0000000184. The summed E-state index contributed by atoms with van der Waals surface area (Å²) in [4.78, 5) is 25.0. The fraction of sp³-hybridized carbons (Fsp3) is 0. The molecule has 0 spiro atoms. The number of carbonyl (C=O) groups is 3. The van der Waals surface area contributed by atoms with Crippen LogP contribution in [0, 0.1) is 0 Å². The molecule has 0 aromatic carbocycles. The van der Waals surface area contributed by atoms with Gasteiger partial charge in [0.25, 0.3) is 0 Å². The van der Waals surface area contributed by atoms with Gasteiger partial charge in [0.1, 0.15) is 0 Å². The van der Waals surface area contributed by atoms with Crippen LogP contribution in [0.1, 0.15) is 0 Å². The first kappa shape index (κ1) is 37.1. The number of carbonyl (C=O) groups excluding carboxylic acids is 3. The van der Waals surface area contributed by atoms with Crippen molar-refractivity contribution < 1.29 is 79.5 Å². The van der Waals surface area contributed by atoms with Crippen molar-refractivity contribution in [3.8, 4) is 0 Å². The Morgan fingerprint density at radius 3 is 0.600 bits per heavy atom. The van der Waals surface area contributed by atoms with Crippen LogP contribution >= 0.6 is 0 Å². The van der Waals surface area contributed by atoms with Gasteiger partial charge in [0, 0.05) is 0 Å². The standard InChI is InChI=1S/3CH2O3.Cr.Cu.H3N/c3*2-1(3)4;;;/h3*(H2,2,3,4);;;1H3/q;;;+3;+2;/p-5. The van der Waals surface area contributed by atoms with E-state index in [0.717, 1.165) is 0 Å². The summed E-state index contributed by atoms with van der Waals surface area (Å²) < 4.78 is 0. The van der Waals surface area contributed by atoms with E-state index in [1.54, 1.807) is 0 Å². The second kappa shape index (κ2) is 29.3. The molecule has 15 heavy (non-hydrogen) atoms. The van der Waals surface area contributed by atoms with Crippen molar-refractivity contribution >= 4 is 18.5 Å². The first-order valence-corrected chi connectivity index (χ1v) is 1.84. The third-order valence-corrected chi connectivity index (χ3v) is 0. The largest absolute Gasteiger partial charge is 3.00 e. The number of quaternary nitrogens is 1. The van der Waals surface area contributed by atoms with Crippen molar-refractivity contribution in [3.05, 3.63) is 0 Å². The van der Waals surface area contributed by atoms with E-state index in [1.807, 2.05) is 0 Å². The zero-order chi connectivity index (χ0) is 10.7. The Bertz CT molecular complexity index is 123. The van der Waals surface area contributed by atoms with Crippen LogP contribution in [0.15, 0.2) is 0 Å². The quantitative estimate of drug-likeness (QED) is 0.418. The molecule has 0 amide bonds. The SMILES string of the molecule is O=C([O-])[O-].O=C([O-])[O-].O=C([O-])[O-].[Cr+3].[Cu+2].[NH4+]. The third-order valence-electron chi connectivity index (χ3n) is 0. The summed E-state index contributed by atoms with van der Waals surface area (Å²) in [6, 6.07) is 0. The van der Waals surface area contributed by atoms with Crippen LogP contribution in [0.5, 0.6) is 0 Å². The smallest absolute Gasteiger partial charge is 0.652 e. The number of hydrogen-bond acceptors (Lipinski definition) is 9. The molecule has 0 heterocycles. The Labute approximate surface area is 104 Å². The van der Waals surface area contributed by atoms with E-state index >= 15 is 0 Å². The van der Waals surface area contributed by atoms with E-state index in [9.17, 15) is 0 Å². The summed E-state index contributed by atoms with van der Waals surface area (Å²) in [6.07, 6.45) is -7.00. The van der Waals surface area contributed by atoms with Gasteiger partial charge >= 0.3 is 34.4 Å². The van der Waals surface area contributed by atoms with Crippen LogP contribution in [0.2, 0.25) is 0 Å². The molecule has 0 atom stereocenters. The molecule has 0 aromatic rings. The number of rotatable bonds is 0. The minimum absolute atomic E-state index is 0. The minimum Gasteiger partial charge on any atom is -0.652 e. The van der Waals surface area contributed by atoms with Crippen molar-refractivity contribution in [2.24, 2.45) is 0 Å². The molecule has 0 aromatic heterocycles. The molecule has 2 radical (unpaired) electrons. The topological polar surface area (TPSA) is 226 Å². The van der Waals surface area contributed by atoms with Gasteiger partial charge in [-0.2, -0.15) is 0 Å². The summed E-state index contributed by atoms with van der Waals surface area (Å²) in [5.41, 5.74) is 0. The second-order valence-corrected chi connectivity index (χ2v) is 0.750. The van der Waals surface area contributed by atoms with Crippen molar-refractivity contribution in [1.29, 1.82) is 0 Å². The van der Waals surface area contributed by atoms with Crippen molar-refractivity contribution in [2.45, 2.75) is 0 Å². The first-order chi connectivity index (χ1) is 5.20. The summed E-state index contributed by atoms with van der Waals surface area (Å²) in [5.74, 6) is 0. The van der Waals surface area contributed by atoms with Gasteiger partial charge in [0.15, 0.2) is 0 Å². The van der Waals surface area contributed by atoms with Gasteiger partial charge < -0.3 is 51.2 Å². The fourth-order valence-corrected chi connectivity index (χ4v) is 0. The molecule has 0 aliphatic rings. The van der Waals surface area contributed by atoms with Crippen LogP contribution in [0.4, 0.5) is 14.4 Å². The number of hydrogen-bond donors (Lipinski definition) is 1. The zero-order valence-electron chi connectivity index (χ0n) is 6.88. The molecule has 0 fully saturated rings. The summed E-state index contributed by atoms with van der Waals surface area (Å²) in [6.45, 7) is 0. The molecular formula is C3H4CrCuNO9. The molecule has 0 aliphatic heterocycles. The van der Waals surface area contributed by atoms with E-state index in [2.05, 4.69) is 0 Å². The first-order valence-electron chi connectivity index (χ1n) is 1.84. The van der Waals surface area contributed by atoms with Crippen LogP contribution in [0.25, 0.3) is 0 Å². The molecule has 0 rings (SSSR count). The molecular weight excluding hydrogens is 310 g/mol. The van der Waals surface area contributed by atoms with E-state index in [-0.39, 0.29) is 40.6 Å². The van der Waals surface area contributed by atoms with E-state index in [1.165, 1.54) is 0 Å². The molecule has 0 unspecified atom stereocenters. The van der Waals surface area contributed by atoms with Crippen LogP contribution in [-0.2, 0) is 34.4 Å². The average Bonchev–Trinajstić information content (AvgIpc) is 1.54. The Kier molecular flexibility index (Phi) is 72.5. The predicted octanol–water partition coefficient (Wildman–Crippen LogP) is -6.97. The number of carboxylic acid groups (broad SMARTS) is 6. The van der Waals surface area contributed by atoms with Gasteiger partial charge in [-0.05, 0) is 18.5 Å². The third kappa shape index (κ3) is 1080. The fourth-order valence-electron chi connectivity index (χ4n) is 0. The average molecular weight is 314 g/mol. The molecule has 12 heteroatoms. The Morgan fingerprint density at radius 1 is 0.600 bits per heavy atom. The molecule has 0 saturated heterocycles. The molecule has 0 bridgehead atoms. The maximum atomic E-state index is 8.33. The molecule has 4 N–H and O–H groups in total. The van der Waals surface area contributed by atoms with E-state index in [0.29, 0.717) is 0 Å².